The molecule has 0 spiro atoms. The molecule has 2 N–H and O–H groups in total. The number of halogens is 1. The van der Waals surface area contributed by atoms with Crippen LogP contribution < -0.4 is 5.32 Å². The fourth-order valence-corrected chi connectivity index (χ4v) is 4.61. The fourth-order valence-electron chi connectivity index (χ4n) is 4.37. The highest BCUT2D eigenvalue weighted by Crippen LogP contribution is 2.45. The third kappa shape index (κ3) is 4.91. The summed E-state index contributed by atoms with van der Waals surface area (Å²) in [4.78, 5) is 27.7. The van der Waals surface area contributed by atoms with Crippen LogP contribution in [0.25, 0.3) is 0 Å². The van der Waals surface area contributed by atoms with Gasteiger partial charge < -0.3 is 10.4 Å². The summed E-state index contributed by atoms with van der Waals surface area (Å²) in [5, 5.41) is 15.9. The van der Waals surface area contributed by atoms with Crippen LogP contribution >= 0.6 is 11.6 Å². The molecule has 0 amide bonds. The molecular weight excluding hydrogens is 438 g/mol. The zero-order valence-corrected chi connectivity index (χ0v) is 19.7. The average molecular weight is 466 g/mol. The molecule has 7 heteroatoms. The van der Waals surface area contributed by atoms with Crippen LogP contribution in [0.15, 0.2) is 72.0 Å². The lowest BCUT2D eigenvalue weighted by atomic mass is 9.64. The number of carbonyl (C=O) groups is 1. The van der Waals surface area contributed by atoms with Crippen molar-refractivity contribution in [3.8, 4) is 0 Å². The van der Waals surface area contributed by atoms with E-state index in [4.69, 9.17) is 11.6 Å². The van der Waals surface area contributed by atoms with E-state index in [-0.39, 0.29) is 12.4 Å². The highest BCUT2D eigenvalue weighted by atomic mass is 35.5. The molecule has 3 aromatic rings. The SMILES string of the molecule is Cc1cc([C@](c2ccc(NCC(CCl)C(=O)O)cc2)(c2ccccc2C)C(C)N=O)ccn1. The number of nitrogens with one attached hydrogen (secondary N) is 1. The second-order valence-electron chi connectivity index (χ2n) is 8.24. The Balaban J connectivity index is 2.15. The van der Waals surface area contributed by atoms with Crippen LogP contribution in [0, 0.1) is 24.7 Å². The second kappa shape index (κ2) is 10.6. The van der Waals surface area contributed by atoms with Gasteiger partial charge in [0.05, 0.1) is 11.3 Å². The Labute approximate surface area is 199 Å². The van der Waals surface area contributed by atoms with Crippen molar-refractivity contribution in [1.29, 1.82) is 0 Å². The van der Waals surface area contributed by atoms with Gasteiger partial charge in [-0.1, -0.05) is 41.6 Å². The Morgan fingerprint density at radius 1 is 1.12 bits per heavy atom. The Bertz CT molecular complexity index is 1120. The number of alkyl halides is 1. The molecule has 0 fully saturated rings. The number of aryl methyl sites for hydroxylation is 2. The molecule has 0 radical (unpaired) electrons. The first-order chi connectivity index (χ1) is 15.8. The van der Waals surface area contributed by atoms with Crippen molar-refractivity contribution < 1.29 is 9.90 Å². The average Bonchev–Trinajstić information content (AvgIpc) is 2.81. The number of hydrogen-bond acceptors (Lipinski definition) is 5. The number of benzene rings is 2. The third-order valence-electron chi connectivity index (χ3n) is 6.14. The zero-order chi connectivity index (χ0) is 24.0. The van der Waals surface area contributed by atoms with Crippen molar-refractivity contribution >= 4 is 23.3 Å². The normalized spacial score (nSPS) is 14.7. The first-order valence-electron chi connectivity index (χ1n) is 10.8. The van der Waals surface area contributed by atoms with E-state index >= 15 is 0 Å². The number of anilines is 1. The molecule has 0 saturated heterocycles. The van der Waals surface area contributed by atoms with Gasteiger partial charge in [-0.3, -0.25) is 9.78 Å². The lowest BCUT2D eigenvalue weighted by Crippen LogP contribution is -2.40. The predicted octanol–water partition coefficient (Wildman–Crippen LogP) is 5.54. The van der Waals surface area contributed by atoms with E-state index in [0.29, 0.717) is 0 Å². The summed E-state index contributed by atoms with van der Waals surface area (Å²) in [5.74, 6) is -1.59. The predicted molar refractivity (Wildman–Crippen MR) is 132 cm³/mol. The van der Waals surface area contributed by atoms with E-state index in [2.05, 4.69) is 15.5 Å². The van der Waals surface area contributed by atoms with Crippen LogP contribution in [-0.4, -0.2) is 34.5 Å². The summed E-state index contributed by atoms with van der Waals surface area (Å²) < 4.78 is 0. The Morgan fingerprint density at radius 2 is 1.82 bits per heavy atom. The minimum atomic E-state index is -0.938. The molecular formula is C26H28ClN3O3. The smallest absolute Gasteiger partial charge is 0.309 e. The minimum absolute atomic E-state index is 0.0285. The fraction of sp³-hybridized carbons (Fsp3) is 0.308. The number of carboxylic acid groups (broad SMARTS) is 1. The summed E-state index contributed by atoms with van der Waals surface area (Å²) in [6.45, 7) is 6.01. The molecule has 1 heterocycles. The largest absolute Gasteiger partial charge is 0.481 e. The molecule has 0 bridgehead atoms. The van der Waals surface area contributed by atoms with Crippen molar-refractivity contribution in [3.63, 3.8) is 0 Å². The molecule has 3 atom stereocenters. The monoisotopic (exact) mass is 465 g/mol. The number of aliphatic carboxylic acids is 1. The standard InChI is InChI=1S/C26H28ClN3O3/c1-17-6-4-5-7-24(17)26(19(3)30-33,22-12-13-28-18(2)14-22)21-8-10-23(11-9-21)29-16-20(15-27)25(31)32/h4-14,19-20,29H,15-16H2,1-3H3,(H,31,32)/t19?,20?,26-/m0/s1. The summed E-state index contributed by atoms with van der Waals surface area (Å²) in [5.41, 5.74) is 4.69. The maximum atomic E-state index is 12.1. The van der Waals surface area contributed by atoms with Gasteiger partial charge in [0.25, 0.3) is 0 Å². The zero-order valence-electron chi connectivity index (χ0n) is 19.0. The Morgan fingerprint density at radius 3 is 2.39 bits per heavy atom. The van der Waals surface area contributed by atoms with Gasteiger partial charge in [0, 0.05) is 30.0 Å². The Kier molecular flexibility index (Phi) is 7.82. The van der Waals surface area contributed by atoms with E-state index < -0.39 is 23.3 Å². The summed E-state index contributed by atoms with van der Waals surface area (Å²) in [6, 6.07) is 19.0. The first-order valence-corrected chi connectivity index (χ1v) is 11.3. The number of pyridine rings is 1. The third-order valence-corrected chi connectivity index (χ3v) is 6.51. The van der Waals surface area contributed by atoms with Gasteiger partial charge in [0.2, 0.25) is 0 Å². The second-order valence-corrected chi connectivity index (χ2v) is 8.55. The van der Waals surface area contributed by atoms with Gasteiger partial charge in [-0.15, -0.1) is 11.6 Å². The van der Waals surface area contributed by atoms with Crippen molar-refractivity contribution in [2.24, 2.45) is 11.1 Å². The Hall–Kier alpha value is -3.25. The number of hydrogen-bond donors (Lipinski definition) is 2. The van der Waals surface area contributed by atoms with E-state index in [1.165, 1.54) is 0 Å². The number of rotatable bonds is 10. The minimum Gasteiger partial charge on any atom is -0.481 e. The lowest BCUT2D eigenvalue weighted by molar-refractivity contribution is -0.140. The van der Waals surface area contributed by atoms with Gasteiger partial charge in [0.1, 0.15) is 6.04 Å². The lowest BCUT2D eigenvalue weighted by Gasteiger charge is -2.39. The first kappa shape index (κ1) is 24.4. The van der Waals surface area contributed by atoms with Crippen LogP contribution in [0.2, 0.25) is 0 Å². The molecule has 0 saturated carbocycles. The summed E-state index contributed by atoms with van der Waals surface area (Å²) >= 11 is 5.76. The molecule has 0 aliphatic heterocycles. The van der Waals surface area contributed by atoms with Gasteiger partial charge in [-0.2, -0.15) is 4.91 Å². The summed E-state index contributed by atoms with van der Waals surface area (Å²) in [6.07, 6.45) is 1.75. The molecule has 2 unspecified atom stereocenters. The molecule has 1 aromatic heterocycles. The molecule has 172 valence electrons. The number of aromatic nitrogens is 1. The van der Waals surface area contributed by atoms with Gasteiger partial charge in [0.15, 0.2) is 0 Å². The van der Waals surface area contributed by atoms with Crippen LogP contribution in [0.1, 0.15) is 34.9 Å². The van der Waals surface area contributed by atoms with Crippen LogP contribution in [-0.2, 0) is 10.2 Å². The molecule has 3 rings (SSSR count). The van der Waals surface area contributed by atoms with Crippen LogP contribution in [0.3, 0.4) is 0 Å². The van der Waals surface area contributed by atoms with Crippen molar-refractivity contribution in [1.82, 2.24) is 4.98 Å². The summed E-state index contributed by atoms with van der Waals surface area (Å²) in [7, 11) is 0. The maximum absolute atomic E-state index is 12.1. The number of carboxylic acids is 1. The van der Waals surface area contributed by atoms with Gasteiger partial charge in [-0.05, 0) is 67.3 Å². The molecule has 2 aromatic carbocycles. The molecule has 6 nitrogen and oxygen atoms in total. The highest BCUT2D eigenvalue weighted by Gasteiger charge is 2.43. The van der Waals surface area contributed by atoms with Crippen molar-refractivity contribution in [2.45, 2.75) is 32.2 Å². The molecule has 0 aliphatic carbocycles. The highest BCUT2D eigenvalue weighted by molar-refractivity contribution is 6.19. The number of nitrogens with zero attached hydrogens (tertiary/aromatic N) is 2. The van der Waals surface area contributed by atoms with Crippen molar-refractivity contribution in [2.75, 3.05) is 17.7 Å². The topological polar surface area (TPSA) is 91.6 Å². The molecule has 0 aliphatic rings. The van der Waals surface area contributed by atoms with Gasteiger partial charge in [-0.25, -0.2) is 0 Å². The van der Waals surface area contributed by atoms with Gasteiger partial charge >= 0.3 is 5.97 Å². The molecule has 33 heavy (non-hydrogen) atoms. The number of nitroso groups, excluding NO2 is 1. The maximum Gasteiger partial charge on any atom is 0.309 e. The van der Waals surface area contributed by atoms with E-state index in [9.17, 15) is 14.8 Å². The van der Waals surface area contributed by atoms with Crippen molar-refractivity contribution in [3.05, 3.63) is 99.7 Å². The van der Waals surface area contributed by atoms with E-state index in [0.717, 1.165) is 33.6 Å². The van der Waals surface area contributed by atoms with Crippen LogP contribution in [0.4, 0.5) is 5.69 Å². The van der Waals surface area contributed by atoms with E-state index in [1.54, 1.807) is 6.20 Å². The van der Waals surface area contributed by atoms with E-state index in [1.807, 2.05) is 81.4 Å². The quantitative estimate of drug-likeness (QED) is 0.303. The van der Waals surface area contributed by atoms with Crippen LogP contribution in [0.5, 0.6) is 0 Å².